The molecule has 1 N–H and O–H groups in total. The molecule has 1 amide bonds. The molecule has 1 aliphatic rings. The van der Waals surface area contributed by atoms with Crippen molar-refractivity contribution in [1.82, 2.24) is 5.43 Å². The molecule has 0 radical (unpaired) electrons. The van der Waals surface area contributed by atoms with E-state index in [2.05, 4.69) is 32.5 Å². The number of ether oxygens (including phenoxy) is 1. The molecule has 106 valence electrons. The van der Waals surface area contributed by atoms with Crippen molar-refractivity contribution in [1.29, 1.82) is 0 Å². The van der Waals surface area contributed by atoms with Gasteiger partial charge in [-0.25, -0.2) is 5.43 Å². The Morgan fingerprint density at radius 3 is 3.10 bits per heavy atom. The molecule has 1 aromatic carbocycles. The summed E-state index contributed by atoms with van der Waals surface area (Å²) in [6, 6.07) is 7.66. The topological polar surface area (TPSA) is 50.7 Å². The number of halogens is 1. The molecule has 20 heavy (non-hydrogen) atoms. The lowest BCUT2D eigenvalue weighted by Crippen LogP contribution is -2.23. The molecule has 0 spiro atoms. The normalized spacial score (nSPS) is 14.9. The van der Waals surface area contributed by atoms with Gasteiger partial charge < -0.3 is 4.74 Å². The van der Waals surface area contributed by atoms with E-state index in [1.54, 1.807) is 6.21 Å². The van der Waals surface area contributed by atoms with Crippen LogP contribution in [0.25, 0.3) is 0 Å². The van der Waals surface area contributed by atoms with Crippen LogP contribution in [-0.2, 0) is 9.53 Å². The molecule has 1 aromatic rings. The minimum Gasteiger partial charge on any atom is -0.488 e. The van der Waals surface area contributed by atoms with E-state index in [-0.39, 0.29) is 12.5 Å². The van der Waals surface area contributed by atoms with Crippen LogP contribution in [0.4, 0.5) is 0 Å². The van der Waals surface area contributed by atoms with Gasteiger partial charge in [-0.05, 0) is 43.0 Å². The minimum absolute atomic E-state index is 0.0155. The van der Waals surface area contributed by atoms with Crippen LogP contribution >= 0.6 is 15.9 Å². The van der Waals surface area contributed by atoms with E-state index >= 15 is 0 Å². The minimum atomic E-state index is -0.247. The lowest BCUT2D eigenvalue weighted by Gasteiger charge is -2.13. The van der Waals surface area contributed by atoms with Crippen LogP contribution in [0.1, 0.15) is 31.2 Å². The molecule has 0 fully saturated rings. The monoisotopic (exact) mass is 336 g/mol. The summed E-state index contributed by atoms with van der Waals surface area (Å²) in [5, 5.41) is 3.90. The van der Waals surface area contributed by atoms with Gasteiger partial charge in [0.15, 0.2) is 6.61 Å². The zero-order valence-corrected chi connectivity index (χ0v) is 12.7. The Hall–Kier alpha value is -1.62. The fourth-order valence-electron chi connectivity index (χ4n) is 1.90. The number of hydrogen-bond acceptors (Lipinski definition) is 3. The molecule has 5 heteroatoms. The average Bonchev–Trinajstić information content (AvgIpc) is 2.46. The van der Waals surface area contributed by atoms with Crippen LogP contribution in [0.15, 0.2) is 45.7 Å². The van der Waals surface area contributed by atoms with Gasteiger partial charge >= 0.3 is 0 Å². The molecular formula is C15H17BrN2O2. The van der Waals surface area contributed by atoms with E-state index in [1.807, 2.05) is 24.3 Å². The van der Waals surface area contributed by atoms with Crippen molar-refractivity contribution < 1.29 is 9.53 Å². The second kappa shape index (κ2) is 7.85. The van der Waals surface area contributed by atoms with Crippen molar-refractivity contribution in [2.75, 3.05) is 6.61 Å². The number of amides is 1. The molecule has 0 unspecified atom stereocenters. The van der Waals surface area contributed by atoms with E-state index in [4.69, 9.17) is 4.74 Å². The van der Waals surface area contributed by atoms with Crippen molar-refractivity contribution >= 4 is 28.1 Å². The summed E-state index contributed by atoms with van der Waals surface area (Å²) in [5.41, 5.74) is 3.37. The third kappa shape index (κ3) is 5.17. The van der Waals surface area contributed by atoms with E-state index in [9.17, 15) is 4.79 Å². The van der Waals surface area contributed by atoms with Crippen LogP contribution in [0.3, 0.4) is 0 Å². The summed E-state index contributed by atoms with van der Waals surface area (Å²) < 4.78 is 6.41. The quantitative estimate of drug-likeness (QED) is 0.662. The number of allylic oxidation sites excluding steroid dienone is 2. The number of benzene rings is 1. The van der Waals surface area contributed by atoms with E-state index in [1.165, 1.54) is 6.42 Å². The number of nitrogens with zero attached hydrogens (tertiary/aromatic N) is 1. The summed E-state index contributed by atoms with van der Waals surface area (Å²) in [7, 11) is 0. The van der Waals surface area contributed by atoms with Gasteiger partial charge in [0.1, 0.15) is 0 Å². The summed E-state index contributed by atoms with van der Waals surface area (Å²) in [6.07, 6.45) is 7.96. The molecule has 0 aliphatic heterocycles. The predicted octanol–water partition coefficient (Wildman–Crippen LogP) is 3.37. The molecular weight excluding hydrogens is 320 g/mol. The highest BCUT2D eigenvalue weighted by Crippen LogP contribution is 2.17. The van der Waals surface area contributed by atoms with Crippen molar-refractivity contribution in [3.63, 3.8) is 0 Å². The van der Waals surface area contributed by atoms with Gasteiger partial charge in [0.25, 0.3) is 5.91 Å². The zero-order chi connectivity index (χ0) is 14.2. The van der Waals surface area contributed by atoms with Gasteiger partial charge in [-0.1, -0.05) is 28.1 Å². The van der Waals surface area contributed by atoms with Crippen LogP contribution < -0.4 is 5.43 Å². The highest BCUT2D eigenvalue weighted by atomic mass is 79.9. The maximum atomic E-state index is 11.6. The van der Waals surface area contributed by atoms with Crippen LogP contribution in [-0.4, -0.2) is 18.7 Å². The van der Waals surface area contributed by atoms with Crippen molar-refractivity contribution in [3.8, 4) is 0 Å². The molecule has 2 rings (SSSR count). The fourth-order valence-corrected chi connectivity index (χ4v) is 2.31. The summed E-state index contributed by atoms with van der Waals surface area (Å²) in [6.45, 7) is 0.0155. The van der Waals surface area contributed by atoms with Gasteiger partial charge in [-0.2, -0.15) is 5.10 Å². The second-order valence-corrected chi connectivity index (χ2v) is 5.47. The number of carbonyl (C=O) groups excluding carboxylic acids is 1. The Balaban J connectivity index is 1.73. The van der Waals surface area contributed by atoms with Gasteiger partial charge in [-0.15, -0.1) is 0 Å². The first-order valence-electron chi connectivity index (χ1n) is 6.63. The number of rotatable bonds is 5. The smallest absolute Gasteiger partial charge is 0.277 e. The third-order valence-corrected chi connectivity index (χ3v) is 3.38. The maximum Gasteiger partial charge on any atom is 0.277 e. The molecule has 0 atom stereocenters. The van der Waals surface area contributed by atoms with E-state index in [0.29, 0.717) is 0 Å². The third-order valence-electron chi connectivity index (χ3n) is 2.89. The zero-order valence-electron chi connectivity index (χ0n) is 11.1. The van der Waals surface area contributed by atoms with Gasteiger partial charge in [-0.3, -0.25) is 4.79 Å². The Morgan fingerprint density at radius 2 is 2.35 bits per heavy atom. The summed E-state index contributed by atoms with van der Waals surface area (Å²) >= 11 is 3.38. The number of hydrogen-bond donors (Lipinski definition) is 1. The largest absolute Gasteiger partial charge is 0.488 e. The lowest BCUT2D eigenvalue weighted by atomic mass is 10.1. The predicted molar refractivity (Wildman–Crippen MR) is 82.4 cm³/mol. The highest BCUT2D eigenvalue weighted by Gasteiger charge is 2.06. The SMILES string of the molecule is O=C(COC1=CCCCC1)N/N=C\c1cccc(Br)c1. The molecule has 1 aliphatic carbocycles. The Bertz CT molecular complexity index is 526. The first-order valence-corrected chi connectivity index (χ1v) is 7.42. The van der Waals surface area contributed by atoms with Crippen molar-refractivity contribution in [2.45, 2.75) is 25.7 Å². The standard InChI is InChI=1S/C15H17BrN2O2/c16-13-6-4-5-12(9-13)10-17-18-15(19)11-20-14-7-2-1-3-8-14/h4-7,9-10H,1-3,8,11H2,(H,18,19)/b17-10-. The van der Waals surface area contributed by atoms with Crippen molar-refractivity contribution in [3.05, 3.63) is 46.1 Å². The van der Waals surface area contributed by atoms with Crippen LogP contribution in [0, 0.1) is 0 Å². The molecule has 0 heterocycles. The van der Waals surface area contributed by atoms with Crippen LogP contribution in [0.5, 0.6) is 0 Å². The number of hydrazone groups is 1. The van der Waals surface area contributed by atoms with Crippen LogP contribution in [0.2, 0.25) is 0 Å². The Morgan fingerprint density at radius 1 is 1.45 bits per heavy atom. The van der Waals surface area contributed by atoms with E-state index < -0.39 is 0 Å². The van der Waals surface area contributed by atoms with E-state index in [0.717, 1.165) is 35.1 Å². The lowest BCUT2D eigenvalue weighted by molar-refractivity contribution is -0.124. The molecule has 0 saturated heterocycles. The second-order valence-electron chi connectivity index (χ2n) is 4.55. The number of carbonyl (C=O) groups is 1. The highest BCUT2D eigenvalue weighted by molar-refractivity contribution is 9.10. The first kappa shape index (κ1) is 14.8. The molecule has 4 nitrogen and oxygen atoms in total. The van der Waals surface area contributed by atoms with Gasteiger partial charge in [0, 0.05) is 10.9 Å². The average molecular weight is 337 g/mol. The molecule has 0 saturated carbocycles. The molecule has 0 aromatic heterocycles. The number of nitrogens with one attached hydrogen (secondary N) is 1. The first-order chi connectivity index (χ1) is 9.74. The molecule has 0 bridgehead atoms. The Kier molecular flexibility index (Phi) is 5.80. The maximum absolute atomic E-state index is 11.6. The summed E-state index contributed by atoms with van der Waals surface area (Å²) in [5.74, 6) is 0.671. The van der Waals surface area contributed by atoms with Gasteiger partial charge in [0.05, 0.1) is 12.0 Å². The van der Waals surface area contributed by atoms with Gasteiger partial charge in [0.2, 0.25) is 0 Å². The Labute approximate surface area is 127 Å². The summed E-state index contributed by atoms with van der Waals surface area (Å²) in [4.78, 5) is 11.6. The fraction of sp³-hybridized carbons (Fsp3) is 0.333. The van der Waals surface area contributed by atoms with Crippen molar-refractivity contribution in [2.24, 2.45) is 5.10 Å².